The lowest BCUT2D eigenvalue weighted by atomic mass is 10.3. The molecule has 0 aliphatic carbocycles. The zero-order chi connectivity index (χ0) is 9.59. The van der Waals surface area contributed by atoms with Gasteiger partial charge in [-0.1, -0.05) is 12.1 Å². The highest BCUT2D eigenvalue weighted by Gasteiger charge is 1.89. The summed E-state index contributed by atoms with van der Waals surface area (Å²) in [5.74, 6) is 0. The van der Waals surface area contributed by atoms with E-state index in [-0.39, 0.29) is 23.6 Å². The normalized spacial score (nSPS) is 16.4. The highest BCUT2D eigenvalue weighted by atomic mass is 32.1. The van der Waals surface area contributed by atoms with E-state index in [1.807, 2.05) is 0 Å². The Kier molecular flexibility index (Phi) is 0.480. The molecule has 0 amide bonds. The minimum Gasteiger partial charge on any atom is -0.245 e. The second kappa shape index (κ2) is 1.81. The van der Waals surface area contributed by atoms with E-state index >= 15 is 0 Å². The van der Waals surface area contributed by atoms with Crippen molar-refractivity contribution in [2.45, 2.75) is 0 Å². The molecule has 44 valence electrons. The molecule has 0 atom stereocenters. The molecule has 0 fully saturated rings. The number of thiazole rings is 1. The fourth-order valence-electron chi connectivity index (χ4n) is 0.605. The second-order valence-corrected chi connectivity index (χ2v) is 2.38. The van der Waals surface area contributed by atoms with Gasteiger partial charge in [0.1, 0.15) is 0 Å². The summed E-state index contributed by atoms with van der Waals surface area (Å²) >= 11 is 1.12. The SMILES string of the molecule is [2H]c1nc2c([2H])c([2H])c([2H])cc2s1. The van der Waals surface area contributed by atoms with E-state index in [0.29, 0.717) is 10.2 Å². The summed E-state index contributed by atoms with van der Waals surface area (Å²) in [4.78, 5) is 3.81. The largest absolute Gasteiger partial charge is 0.245 e. The number of hydrogen-bond acceptors (Lipinski definition) is 2. The van der Waals surface area contributed by atoms with Crippen LogP contribution in [-0.2, 0) is 0 Å². The van der Waals surface area contributed by atoms with Crippen LogP contribution in [0.5, 0.6) is 0 Å². The van der Waals surface area contributed by atoms with E-state index in [1.165, 1.54) is 6.07 Å². The summed E-state index contributed by atoms with van der Waals surface area (Å²) in [6.45, 7) is 0. The third kappa shape index (κ3) is 0.715. The molecule has 0 saturated carbocycles. The lowest BCUT2D eigenvalue weighted by Gasteiger charge is -1.80. The third-order valence-corrected chi connectivity index (χ3v) is 1.72. The van der Waals surface area contributed by atoms with Crippen LogP contribution in [0, 0.1) is 0 Å². The molecule has 2 heteroatoms. The number of para-hydroxylation sites is 1. The van der Waals surface area contributed by atoms with Crippen molar-refractivity contribution < 1.29 is 5.48 Å². The average Bonchev–Trinajstić information content (AvgIpc) is 2.42. The Bertz CT molecular complexity index is 479. The molecule has 0 saturated heterocycles. The van der Waals surface area contributed by atoms with Crippen molar-refractivity contribution in [3.8, 4) is 0 Å². The van der Waals surface area contributed by atoms with E-state index in [1.54, 1.807) is 0 Å². The minimum absolute atomic E-state index is 0.0150. The van der Waals surface area contributed by atoms with Crippen molar-refractivity contribution in [2.75, 3.05) is 0 Å². The molecule has 0 aliphatic heterocycles. The van der Waals surface area contributed by atoms with E-state index < -0.39 is 0 Å². The summed E-state index contributed by atoms with van der Waals surface area (Å²) < 4.78 is 30.1. The molecule has 2 aromatic rings. The molecule has 0 spiro atoms. The number of aromatic nitrogens is 1. The maximum Gasteiger partial charge on any atom is 0.0960 e. The Labute approximate surface area is 62.6 Å². The van der Waals surface area contributed by atoms with E-state index in [9.17, 15) is 0 Å². The van der Waals surface area contributed by atoms with Crippen LogP contribution in [0.4, 0.5) is 0 Å². The first-order valence-electron chi connectivity index (χ1n) is 4.43. The second-order valence-electron chi connectivity index (χ2n) is 1.56. The van der Waals surface area contributed by atoms with Gasteiger partial charge in [0, 0.05) is 0 Å². The number of rotatable bonds is 0. The lowest BCUT2D eigenvalue weighted by molar-refractivity contribution is 1.50. The van der Waals surface area contributed by atoms with Gasteiger partial charge < -0.3 is 0 Å². The minimum atomic E-state index is -0.127. The van der Waals surface area contributed by atoms with Gasteiger partial charge in [-0.2, -0.15) is 0 Å². The van der Waals surface area contributed by atoms with Gasteiger partial charge in [-0.3, -0.25) is 0 Å². The molecule has 1 aromatic carbocycles. The van der Waals surface area contributed by atoms with Gasteiger partial charge in [-0.05, 0) is 12.1 Å². The maximum absolute atomic E-state index is 7.50. The van der Waals surface area contributed by atoms with Crippen molar-refractivity contribution in [1.82, 2.24) is 4.98 Å². The molecular weight excluding hydrogens is 130 g/mol. The predicted octanol–water partition coefficient (Wildman–Crippen LogP) is 2.30. The predicted molar refractivity (Wildman–Crippen MR) is 39.6 cm³/mol. The zero-order valence-electron chi connectivity index (χ0n) is 8.43. The van der Waals surface area contributed by atoms with Crippen molar-refractivity contribution in [2.24, 2.45) is 0 Å². The van der Waals surface area contributed by atoms with E-state index in [4.69, 9.17) is 5.48 Å². The Morgan fingerprint density at radius 2 is 2.56 bits per heavy atom. The quantitative estimate of drug-likeness (QED) is 0.545. The number of nitrogens with zero attached hydrogens (tertiary/aromatic N) is 1. The Hall–Kier alpha value is -0.890. The fourth-order valence-corrected chi connectivity index (χ4v) is 1.15. The van der Waals surface area contributed by atoms with Crippen LogP contribution < -0.4 is 0 Å². The van der Waals surface area contributed by atoms with Crippen LogP contribution in [0.1, 0.15) is 5.48 Å². The van der Waals surface area contributed by atoms with Gasteiger partial charge >= 0.3 is 0 Å². The van der Waals surface area contributed by atoms with Gasteiger partial charge in [0.05, 0.1) is 21.2 Å². The van der Waals surface area contributed by atoms with Crippen molar-refractivity contribution in [3.63, 3.8) is 0 Å². The average molecular weight is 139 g/mol. The lowest BCUT2D eigenvalue weighted by Crippen LogP contribution is -1.61. The molecular formula is C7H5NS. The first-order chi connectivity index (χ1) is 6.09. The van der Waals surface area contributed by atoms with Crippen LogP contribution in [0.2, 0.25) is 0 Å². The zero-order valence-corrected chi connectivity index (χ0v) is 5.25. The van der Waals surface area contributed by atoms with Gasteiger partial charge in [-0.25, -0.2) is 4.98 Å². The number of benzene rings is 1. The summed E-state index contributed by atoms with van der Waals surface area (Å²) in [6, 6.07) is 1.31. The van der Waals surface area contributed by atoms with Crippen LogP contribution in [0.15, 0.2) is 29.7 Å². The van der Waals surface area contributed by atoms with Gasteiger partial charge in [-0.15, -0.1) is 11.3 Å². The standard InChI is InChI=1S/C7H5NS/c1-2-4-7-6(3-1)8-5-9-7/h1-5H/i1D,2D,3D,5D. The molecule has 1 nitrogen and oxygen atoms in total. The molecule has 0 unspecified atom stereocenters. The highest BCUT2D eigenvalue weighted by Crippen LogP contribution is 2.15. The van der Waals surface area contributed by atoms with Crippen molar-refractivity contribution >= 4 is 21.6 Å². The van der Waals surface area contributed by atoms with Gasteiger partial charge in [0.25, 0.3) is 0 Å². The molecule has 1 aromatic heterocycles. The Morgan fingerprint density at radius 3 is 3.56 bits per heavy atom. The van der Waals surface area contributed by atoms with Crippen molar-refractivity contribution in [1.29, 1.82) is 0 Å². The highest BCUT2D eigenvalue weighted by molar-refractivity contribution is 7.16. The first-order valence-corrected chi connectivity index (χ1v) is 3.25. The molecule has 1 heterocycles. The van der Waals surface area contributed by atoms with Crippen molar-refractivity contribution in [3.05, 3.63) is 29.7 Å². The van der Waals surface area contributed by atoms with E-state index in [2.05, 4.69) is 4.98 Å². The monoisotopic (exact) mass is 139 g/mol. The van der Waals surface area contributed by atoms with Gasteiger partial charge in [0.15, 0.2) is 0 Å². The number of fused-ring (bicyclic) bond motifs is 1. The first kappa shape index (κ1) is 2.39. The summed E-state index contributed by atoms with van der Waals surface area (Å²) in [6.07, 6.45) is 0. The topological polar surface area (TPSA) is 12.9 Å². The molecule has 0 bridgehead atoms. The van der Waals surface area contributed by atoms with Crippen LogP contribution in [0.3, 0.4) is 0 Å². The Balaban J connectivity index is 2.92. The molecule has 2 rings (SSSR count). The molecule has 0 aliphatic rings. The number of hydrogen-bond donors (Lipinski definition) is 0. The molecule has 0 radical (unpaired) electrons. The maximum atomic E-state index is 7.50. The van der Waals surface area contributed by atoms with Crippen LogP contribution in [-0.4, -0.2) is 4.98 Å². The summed E-state index contributed by atoms with van der Waals surface area (Å²) in [5, 5.41) is 0. The fraction of sp³-hybridized carbons (Fsp3) is 0. The van der Waals surface area contributed by atoms with E-state index in [0.717, 1.165) is 11.3 Å². The smallest absolute Gasteiger partial charge is 0.0960 e. The summed E-state index contributed by atoms with van der Waals surface area (Å²) in [5.41, 5.74) is 0.476. The van der Waals surface area contributed by atoms with Gasteiger partial charge in [0.2, 0.25) is 0 Å². The molecule has 9 heavy (non-hydrogen) atoms. The van der Waals surface area contributed by atoms with Crippen LogP contribution >= 0.6 is 11.3 Å². The Morgan fingerprint density at radius 1 is 1.56 bits per heavy atom. The van der Waals surface area contributed by atoms with Crippen LogP contribution in [0.25, 0.3) is 10.2 Å². The third-order valence-electron chi connectivity index (χ3n) is 1.00. The summed E-state index contributed by atoms with van der Waals surface area (Å²) in [7, 11) is 0. The molecule has 0 N–H and O–H groups in total.